The van der Waals surface area contributed by atoms with Gasteiger partial charge in [0, 0.05) is 21.7 Å². The zero-order valence-electron chi connectivity index (χ0n) is 28.4. The van der Waals surface area contributed by atoms with Gasteiger partial charge in [0.2, 0.25) is 0 Å². The van der Waals surface area contributed by atoms with Crippen molar-refractivity contribution in [2.45, 2.75) is 107 Å². The summed E-state index contributed by atoms with van der Waals surface area (Å²) in [5.74, 6) is 0. The SMILES string of the molecule is CCc1cc(CC)cc([Si](C2=[C-]CC=C2C(C)(C)C)(c2cc(CC)cc(CC)c2)c2cc(CC)cc(CC)c2)c1.Cl.Cl.Cl.[Ti]. The topological polar surface area (TPSA) is 0 Å². The molecule has 44 heavy (non-hydrogen) atoms. The third-order valence-electron chi connectivity index (χ3n) is 8.94. The van der Waals surface area contributed by atoms with Crippen LogP contribution in [-0.2, 0) is 60.2 Å². The molecule has 0 N–H and O–H groups in total. The molecule has 3 aromatic carbocycles. The van der Waals surface area contributed by atoms with Crippen molar-refractivity contribution in [2.24, 2.45) is 5.41 Å². The van der Waals surface area contributed by atoms with Gasteiger partial charge in [0.25, 0.3) is 0 Å². The van der Waals surface area contributed by atoms with Crippen molar-refractivity contribution >= 4 is 60.9 Å². The van der Waals surface area contributed by atoms with E-state index in [1.54, 1.807) is 0 Å². The number of allylic oxidation sites excluding steroid dienone is 4. The normalized spacial score (nSPS) is 12.7. The number of hydrogen-bond donors (Lipinski definition) is 0. The molecule has 1 aliphatic carbocycles. The zero-order valence-corrected chi connectivity index (χ0v) is 33.5. The second-order valence-corrected chi connectivity index (χ2v) is 16.3. The Kier molecular flexibility index (Phi) is 17.9. The third kappa shape index (κ3) is 8.64. The molecule has 0 radical (unpaired) electrons. The summed E-state index contributed by atoms with van der Waals surface area (Å²) in [6.07, 6.45) is 13.8. The van der Waals surface area contributed by atoms with E-state index in [1.165, 1.54) is 59.7 Å². The molecule has 0 fully saturated rings. The zero-order chi connectivity index (χ0) is 29.1. The largest absolute Gasteiger partial charge is 0.272 e. The van der Waals surface area contributed by atoms with Gasteiger partial charge in [0.15, 0.2) is 0 Å². The molecule has 240 valence electrons. The van der Waals surface area contributed by atoms with E-state index in [0.29, 0.717) is 0 Å². The van der Waals surface area contributed by atoms with Gasteiger partial charge in [-0.15, -0.1) is 43.6 Å². The quantitative estimate of drug-likeness (QED) is 0.112. The van der Waals surface area contributed by atoms with E-state index >= 15 is 0 Å². The van der Waals surface area contributed by atoms with Crippen LogP contribution in [0.2, 0.25) is 0 Å². The molecule has 1 aliphatic rings. The van der Waals surface area contributed by atoms with Crippen LogP contribution in [-0.4, -0.2) is 8.07 Å². The Morgan fingerprint density at radius 2 is 0.795 bits per heavy atom. The molecular weight excluding hydrogens is 651 g/mol. The summed E-state index contributed by atoms with van der Waals surface area (Å²) in [5, 5.41) is 6.11. The maximum absolute atomic E-state index is 4.06. The summed E-state index contributed by atoms with van der Waals surface area (Å²) in [6, 6.07) is 22.8. The summed E-state index contributed by atoms with van der Waals surface area (Å²) >= 11 is 0. The van der Waals surface area contributed by atoms with Crippen LogP contribution in [0.3, 0.4) is 0 Å². The van der Waals surface area contributed by atoms with Crippen LogP contribution in [0.15, 0.2) is 71.4 Å². The molecule has 4 rings (SSSR count). The second kappa shape index (κ2) is 18.3. The number of benzene rings is 3. The minimum absolute atomic E-state index is 0. The maximum Gasteiger partial charge on any atom is 0.144 e. The van der Waals surface area contributed by atoms with E-state index in [4.69, 9.17) is 0 Å². The maximum atomic E-state index is 4.06. The minimum atomic E-state index is -2.71. The van der Waals surface area contributed by atoms with Crippen molar-refractivity contribution in [2.75, 3.05) is 0 Å². The molecule has 0 atom stereocenters. The summed E-state index contributed by atoms with van der Waals surface area (Å²) in [7, 11) is -2.71. The molecule has 0 spiro atoms. The molecule has 0 saturated carbocycles. The van der Waals surface area contributed by atoms with Crippen LogP contribution >= 0.6 is 37.2 Å². The van der Waals surface area contributed by atoms with Crippen molar-refractivity contribution in [1.29, 1.82) is 0 Å². The molecule has 0 heterocycles. The number of hydrogen-bond acceptors (Lipinski definition) is 0. The first-order chi connectivity index (χ1) is 19.1. The Hall–Kier alpha value is -1.06. The fourth-order valence-corrected chi connectivity index (χ4v) is 12.1. The van der Waals surface area contributed by atoms with Gasteiger partial charge in [-0.1, -0.05) is 122 Å². The smallest absolute Gasteiger partial charge is 0.144 e. The first-order valence-electron chi connectivity index (χ1n) is 15.9. The molecule has 0 aliphatic heterocycles. The van der Waals surface area contributed by atoms with Gasteiger partial charge >= 0.3 is 0 Å². The predicted molar refractivity (Wildman–Crippen MR) is 201 cm³/mol. The molecule has 5 heteroatoms. The van der Waals surface area contributed by atoms with Crippen LogP contribution in [0.4, 0.5) is 0 Å². The van der Waals surface area contributed by atoms with E-state index in [0.717, 1.165) is 44.9 Å². The molecule has 0 saturated heterocycles. The fraction of sp³-hybridized carbons (Fsp3) is 0.436. The average molecular weight is 705 g/mol. The van der Waals surface area contributed by atoms with Crippen LogP contribution in [0.25, 0.3) is 0 Å². The summed E-state index contributed by atoms with van der Waals surface area (Å²) in [4.78, 5) is 0. The summed E-state index contributed by atoms with van der Waals surface area (Å²) < 4.78 is 0. The van der Waals surface area contributed by atoms with E-state index in [-0.39, 0.29) is 64.4 Å². The predicted octanol–water partition coefficient (Wildman–Crippen LogP) is 9.44. The first-order valence-corrected chi connectivity index (χ1v) is 17.9. The van der Waals surface area contributed by atoms with Gasteiger partial charge in [0.1, 0.15) is 8.07 Å². The van der Waals surface area contributed by atoms with Gasteiger partial charge in [-0.3, -0.25) is 6.08 Å². The summed E-state index contributed by atoms with van der Waals surface area (Å²) in [5.41, 5.74) is 10.3. The molecule has 0 unspecified atom stereocenters. The monoisotopic (exact) mass is 703 g/mol. The Balaban J connectivity index is 0.00000462. The van der Waals surface area contributed by atoms with E-state index < -0.39 is 8.07 Å². The van der Waals surface area contributed by atoms with Crippen molar-refractivity contribution in [3.05, 3.63) is 111 Å². The molecule has 0 bridgehead atoms. The van der Waals surface area contributed by atoms with Crippen LogP contribution in [0.1, 0.15) is 102 Å². The fourth-order valence-electron chi connectivity index (χ4n) is 6.56. The third-order valence-corrected chi connectivity index (χ3v) is 13.6. The Bertz CT molecular complexity index is 1230. The van der Waals surface area contributed by atoms with E-state index in [2.05, 4.69) is 129 Å². The van der Waals surface area contributed by atoms with Crippen molar-refractivity contribution in [3.8, 4) is 0 Å². The molecule has 0 aromatic heterocycles. The van der Waals surface area contributed by atoms with Crippen molar-refractivity contribution < 1.29 is 21.7 Å². The van der Waals surface area contributed by atoms with Gasteiger partial charge in [-0.25, -0.2) is 5.20 Å². The van der Waals surface area contributed by atoms with Crippen LogP contribution in [0.5, 0.6) is 0 Å². The van der Waals surface area contributed by atoms with Crippen molar-refractivity contribution in [3.63, 3.8) is 0 Å². The van der Waals surface area contributed by atoms with Gasteiger partial charge in [-0.2, -0.15) is 11.6 Å². The molecular formula is C39H54Cl3SiTi-. The number of aryl methyl sites for hydroxylation is 6. The minimum Gasteiger partial charge on any atom is -0.272 e. The number of halogens is 3. The standard InChI is InChI=1S/C39H51Si.3ClH.Ti/c1-10-28-19-29(11-2)23-34(22-28)40(38-18-16-17-37(38)39(7,8)9,35-24-30(12-3)20-31(13-4)25-35)36-26-32(14-5)21-33(15-6)27-36;;;;/h17,19-27H,10-16H2,1-9H3;3*1H;/q-1;;;;. The Labute approximate surface area is 304 Å². The van der Waals surface area contributed by atoms with Crippen LogP contribution < -0.4 is 15.6 Å². The van der Waals surface area contributed by atoms with E-state index in [1.807, 2.05) is 0 Å². The average Bonchev–Trinajstić information content (AvgIpc) is 3.48. The van der Waals surface area contributed by atoms with Gasteiger partial charge < -0.3 is 0 Å². The molecule has 0 amide bonds. The second-order valence-electron chi connectivity index (χ2n) is 12.6. The Morgan fingerprint density at radius 1 is 0.523 bits per heavy atom. The van der Waals surface area contributed by atoms with Crippen LogP contribution in [0, 0.1) is 11.5 Å². The van der Waals surface area contributed by atoms with E-state index in [9.17, 15) is 0 Å². The molecule has 3 aromatic rings. The van der Waals surface area contributed by atoms with Gasteiger partial charge in [0.05, 0.1) is 0 Å². The Morgan fingerprint density at radius 3 is 1.02 bits per heavy atom. The van der Waals surface area contributed by atoms with Gasteiger partial charge in [-0.05, 0) is 87.5 Å². The molecule has 0 nitrogen and oxygen atoms in total. The van der Waals surface area contributed by atoms with Crippen molar-refractivity contribution in [1.82, 2.24) is 0 Å². The number of rotatable bonds is 10. The first kappa shape index (κ1) is 42.9. The summed E-state index contributed by atoms with van der Waals surface area (Å²) in [6.45, 7) is 21.0.